The first-order valence-electron chi connectivity index (χ1n) is 7.40. The number of carbonyl (C=O) groups is 1. The van der Waals surface area contributed by atoms with Gasteiger partial charge in [0.1, 0.15) is 0 Å². The Balaban J connectivity index is 2.05. The molecule has 1 saturated carbocycles. The molecule has 0 heterocycles. The summed E-state index contributed by atoms with van der Waals surface area (Å²) in [6.07, 6.45) is 9.25. The highest BCUT2D eigenvalue weighted by atomic mass is 16.4. The Hall–Kier alpha value is -0.870. The van der Waals surface area contributed by atoms with Crippen LogP contribution in [0.4, 0.5) is 0 Å². The molecule has 4 nitrogen and oxygen atoms in total. The Labute approximate surface area is 116 Å². The largest absolute Gasteiger partial charge is 0.478 e. The number of hydrogen-bond acceptors (Lipinski definition) is 3. The van der Waals surface area contributed by atoms with Crippen LogP contribution >= 0.6 is 0 Å². The quantitative estimate of drug-likeness (QED) is 0.524. The molecule has 0 radical (unpaired) electrons. The molecular weight excluding hydrogens is 240 g/mol. The molecule has 1 fully saturated rings. The molecule has 0 saturated heterocycles. The maximum atomic E-state index is 10.5. The lowest BCUT2D eigenvalue weighted by atomic mass is 9.94. The lowest BCUT2D eigenvalue weighted by Gasteiger charge is -2.31. The van der Waals surface area contributed by atoms with E-state index < -0.39 is 5.97 Å². The van der Waals surface area contributed by atoms with Crippen molar-refractivity contribution >= 4 is 5.97 Å². The molecule has 1 rings (SSSR count). The van der Waals surface area contributed by atoms with Gasteiger partial charge < -0.3 is 15.3 Å². The zero-order chi connectivity index (χ0) is 14.1. The first-order chi connectivity index (χ1) is 9.09. The Kier molecular flexibility index (Phi) is 7.75. The molecule has 0 bridgehead atoms. The highest BCUT2D eigenvalue weighted by molar-refractivity contribution is 5.80. The number of aliphatic carboxylic acids is 1. The second-order valence-corrected chi connectivity index (χ2v) is 5.63. The van der Waals surface area contributed by atoms with Crippen LogP contribution in [-0.4, -0.2) is 48.7 Å². The molecule has 0 aromatic carbocycles. The maximum Gasteiger partial charge on any atom is 0.328 e. The van der Waals surface area contributed by atoms with Crippen molar-refractivity contribution in [3.63, 3.8) is 0 Å². The van der Waals surface area contributed by atoms with E-state index in [1.165, 1.54) is 38.2 Å². The third kappa shape index (κ3) is 7.33. The number of carboxylic acids is 1. The summed E-state index contributed by atoms with van der Waals surface area (Å²) in [4.78, 5) is 12.9. The van der Waals surface area contributed by atoms with E-state index in [1.807, 2.05) is 6.92 Å². The van der Waals surface area contributed by atoms with Crippen LogP contribution in [0.3, 0.4) is 0 Å². The van der Waals surface area contributed by atoms with E-state index in [-0.39, 0.29) is 0 Å². The molecule has 0 aromatic rings. The van der Waals surface area contributed by atoms with Crippen LogP contribution < -0.4 is 5.32 Å². The van der Waals surface area contributed by atoms with Crippen LogP contribution in [0.15, 0.2) is 11.6 Å². The van der Waals surface area contributed by atoms with Crippen LogP contribution in [-0.2, 0) is 4.79 Å². The second-order valence-electron chi connectivity index (χ2n) is 5.63. The lowest BCUT2D eigenvalue weighted by molar-refractivity contribution is -0.131. The molecular formula is C15H28N2O2. The number of nitrogens with zero attached hydrogens (tertiary/aromatic N) is 1. The molecule has 0 unspecified atom stereocenters. The van der Waals surface area contributed by atoms with Crippen LogP contribution in [0.25, 0.3) is 0 Å². The van der Waals surface area contributed by atoms with E-state index in [1.54, 1.807) is 0 Å². The minimum atomic E-state index is -0.865. The van der Waals surface area contributed by atoms with Crippen molar-refractivity contribution < 1.29 is 9.90 Å². The average molecular weight is 268 g/mol. The van der Waals surface area contributed by atoms with Gasteiger partial charge in [0.15, 0.2) is 0 Å². The Morgan fingerprint density at radius 2 is 2.05 bits per heavy atom. The number of carboxylic acid groups (broad SMARTS) is 1. The third-order valence-corrected chi connectivity index (χ3v) is 3.84. The van der Waals surface area contributed by atoms with Gasteiger partial charge in [-0.2, -0.15) is 0 Å². The molecule has 2 N–H and O–H groups in total. The van der Waals surface area contributed by atoms with E-state index >= 15 is 0 Å². The standard InChI is InChI=1S/C15H28N2O2/c1-13(11-15(18)19)12-16-9-6-10-17(2)14-7-4-3-5-8-14/h11,14,16H,3-10,12H2,1-2H3,(H,18,19). The fourth-order valence-corrected chi connectivity index (χ4v) is 2.71. The highest BCUT2D eigenvalue weighted by Crippen LogP contribution is 2.21. The van der Waals surface area contributed by atoms with Crippen molar-refractivity contribution in [1.82, 2.24) is 10.2 Å². The van der Waals surface area contributed by atoms with Gasteiger partial charge in [-0.05, 0) is 46.3 Å². The summed E-state index contributed by atoms with van der Waals surface area (Å²) in [6, 6.07) is 0.780. The fraction of sp³-hybridized carbons (Fsp3) is 0.800. The van der Waals surface area contributed by atoms with Gasteiger partial charge in [0.2, 0.25) is 0 Å². The summed E-state index contributed by atoms with van der Waals surface area (Å²) < 4.78 is 0. The smallest absolute Gasteiger partial charge is 0.328 e. The van der Waals surface area contributed by atoms with Gasteiger partial charge in [0, 0.05) is 18.7 Å². The number of hydrogen-bond donors (Lipinski definition) is 2. The van der Waals surface area contributed by atoms with Gasteiger partial charge in [-0.3, -0.25) is 0 Å². The topological polar surface area (TPSA) is 52.6 Å². The lowest BCUT2D eigenvalue weighted by Crippen LogP contribution is -2.35. The van der Waals surface area contributed by atoms with Gasteiger partial charge in [-0.1, -0.05) is 24.8 Å². The van der Waals surface area contributed by atoms with Gasteiger partial charge in [-0.15, -0.1) is 0 Å². The van der Waals surface area contributed by atoms with E-state index in [2.05, 4.69) is 17.3 Å². The zero-order valence-electron chi connectivity index (χ0n) is 12.3. The first kappa shape index (κ1) is 16.2. The Bertz CT molecular complexity index is 297. The molecule has 4 heteroatoms. The van der Waals surface area contributed by atoms with Gasteiger partial charge >= 0.3 is 5.97 Å². The minimum absolute atomic E-state index is 0.666. The summed E-state index contributed by atoms with van der Waals surface area (Å²) in [5.41, 5.74) is 0.869. The molecule has 0 aliphatic heterocycles. The van der Waals surface area contributed by atoms with Crippen molar-refractivity contribution in [2.24, 2.45) is 0 Å². The van der Waals surface area contributed by atoms with Crippen molar-refractivity contribution in [2.45, 2.75) is 51.5 Å². The Morgan fingerprint density at radius 3 is 2.68 bits per heavy atom. The molecule has 19 heavy (non-hydrogen) atoms. The molecule has 1 aliphatic rings. The monoisotopic (exact) mass is 268 g/mol. The summed E-state index contributed by atoms with van der Waals surface area (Å²) in [5.74, 6) is -0.865. The number of rotatable bonds is 8. The first-order valence-corrected chi connectivity index (χ1v) is 7.40. The molecule has 0 aromatic heterocycles. The van der Waals surface area contributed by atoms with Crippen molar-refractivity contribution in [1.29, 1.82) is 0 Å². The summed E-state index contributed by atoms with van der Waals surface area (Å²) in [7, 11) is 2.23. The zero-order valence-corrected chi connectivity index (χ0v) is 12.3. The maximum absolute atomic E-state index is 10.5. The van der Waals surface area contributed by atoms with Gasteiger partial charge in [0.05, 0.1) is 0 Å². The van der Waals surface area contributed by atoms with E-state index in [0.717, 1.165) is 31.1 Å². The third-order valence-electron chi connectivity index (χ3n) is 3.84. The molecule has 0 spiro atoms. The average Bonchev–Trinajstić information content (AvgIpc) is 2.38. The van der Waals surface area contributed by atoms with E-state index in [4.69, 9.17) is 5.11 Å². The second kappa shape index (κ2) is 9.10. The minimum Gasteiger partial charge on any atom is -0.478 e. The van der Waals surface area contributed by atoms with Crippen LogP contribution in [0.5, 0.6) is 0 Å². The predicted molar refractivity (Wildman–Crippen MR) is 78.4 cm³/mol. The molecule has 0 atom stereocenters. The summed E-state index contributed by atoms with van der Waals surface area (Å²) in [6.45, 7) is 4.58. The highest BCUT2D eigenvalue weighted by Gasteiger charge is 2.16. The normalized spacial score (nSPS) is 17.9. The van der Waals surface area contributed by atoms with Crippen molar-refractivity contribution in [3.8, 4) is 0 Å². The van der Waals surface area contributed by atoms with Gasteiger partial charge in [-0.25, -0.2) is 4.79 Å². The van der Waals surface area contributed by atoms with E-state index in [0.29, 0.717) is 6.54 Å². The Morgan fingerprint density at radius 1 is 1.37 bits per heavy atom. The van der Waals surface area contributed by atoms with Gasteiger partial charge in [0.25, 0.3) is 0 Å². The van der Waals surface area contributed by atoms with Crippen LogP contribution in [0.1, 0.15) is 45.4 Å². The van der Waals surface area contributed by atoms with Crippen LogP contribution in [0.2, 0.25) is 0 Å². The summed E-state index contributed by atoms with van der Waals surface area (Å²) in [5, 5.41) is 11.9. The fourth-order valence-electron chi connectivity index (χ4n) is 2.71. The molecule has 0 amide bonds. The van der Waals surface area contributed by atoms with Crippen LogP contribution in [0, 0.1) is 0 Å². The summed E-state index contributed by atoms with van der Waals surface area (Å²) >= 11 is 0. The van der Waals surface area contributed by atoms with Crippen molar-refractivity contribution in [2.75, 3.05) is 26.7 Å². The van der Waals surface area contributed by atoms with E-state index in [9.17, 15) is 4.79 Å². The molecule has 1 aliphatic carbocycles. The predicted octanol–water partition coefficient (Wildman–Crippen LogP) is 2.26. The molecule has 110 valence electrons. The van der Waals surface area contributed by atoms with Crippen molar-refractivity contribution in [3.05, 3.63) is 11.6 Å². The number of nitrogens with one attached hydrogen (secondary N) is 1. The SMILES string of the molecule is CC(=CC(=O)O)CNCCCN(C)C1CCCCC1.